The third-order valence-electron chi connectivity index (χ3n) is 3.22. The molecule has 4 nitrogen and oxygen atoms in total. The van der Waals surface area contributed by atoms with Crippen LogP contribution in [-0.2, 0) is 11.3 Å². The standard InChI is InChI=1S/C13H16INO3/c14-6-12-11(7-15(12)13(16)17)9-18-8-10-4-2-1-3-5-10/h1-5,11-12H,6-9H2,(H,16,17)/t11-,12+/m0/s1. The number of carboxylic acid groups (broad SMARTS) is 1. The number of alkyl halides is 1. The van der Waals surface area contributed by atoms with Crippen molar-refractivity contribution in [2.24, 2.45) is 5.92 Å². The molecule has 1 heterocycles. The van der Waals surface area contributed by atoms with Crippen LogP contribution in [0.2, 0.25) is 0 Å². The summed E-state index contributed by atoms with van der Waals surface area (Å²) in [7, 11) is 0. The number of likely N-dealkylation sites (tertiary alicyclic amines) is 1. The molecule has 0 saturated carbocycles. The molecule has 1 aromatic rings. The number of benzene rings is 1. The van der Waals surface area contributed by atoms with Crippen molar-refractivity contribution >= 4 is 28.7 Å². The smallest absolute Gasteiger partial charge is 0.407 e. The van der Waals surface area contributed by atoms with Crippen LogP contribution in [0.5, 0.6) is 0 Å². The summed E-state index contributed by atoms with van der Waals surface area (Å²) >= 11 is 2.23. The molecule has 0 spiro atoms. The predicted octanol–water partition coefficient (Wildman–Crippen LogP) is 2.62. The number of amides is 1. The number of hydrogen-bond acceptors (Lipinski definition) is 2. The van der Waals surface area contributed by atoms with E-state index in [0.717, 1.165) is 9.99 Å². The van der Waals surface area contributed by atoms with Crippen LogP contribution >= 0.6 is 22.6 Å². The molecule has 5 heteroatoms. The molecule has 0 aliphatic carbocycles. The number of carbonyl (C=O) groups is 1. The number of ether oxygens (including phenoxy) is 1. The van der Waals surface area contributed by atoms with Gasteiger partial charge in [0.25, 0.3) is 0 Å². The second-order valence-corrected chi connectivity index (χ2v) is 5.30. The van der Waals surface area contributed by atoms with Crippen molar-refractivity contribution in [1.29, 1.82) is 0 Å². The van der Waals surface area contributed by atoms with Gasteiger partial charge in [-0.15, -0.1) is 0 Å². The number of halogens is 1. The van der Waals surface area contributed by atoms with Crippen molar-refractivity contribution in [2.75, 3.05) is 17.6 Å². The summed E-state index contributed by atoms with van der Waals surface area (Å²) in [5.74, 6) is 0.335. The molecule has 1 N–H and O–H groups in total. The minimum absolute atomic E-state index is 0.110. The van der Waals surface area contributed by atoms with E-state index in [1.807, 2.05) is 30.3 Å². The maximum atomic E-state index is 10.9. The first-order valence-electron chi connectivity index (χ1n) is 5.89. The summed E-state index contributed by atoms with van der Waals surface area (Å²) in [5, 5.41) is 8.94. The van der Waals surface area contributed by atoms with Gasteiger partial charge in [-0.1, -0.05) is 52.9 Å². The van der Waals surface area contributed by atoms with Crippen LogP contribution in [0.25, 0.3) is 0 Å². The quantitative estimate of drug-likeness (QED) is 0.648. The Hall–Kier alpha value is -0.820. The van der Waals surface area contributed by atoms with Gasteiger partial charge < -0.3 is 14.7 Å². The lowest BCUT2D eigenvalue weighted by molar-refractivity contribution is -0.0209. The van der Waals surface area contributed by atoms with Crippen LogP contribution in [0.4, 0.5) is 4.79 Å². The van der Waals surface area contributed by atoms with E-state index >= 15 is 0 Å². The normalized spacial score (nSPS) is 22.6. The molecule has 1 saturated heterocycles. The van der Waals surface area contributed by atoms with Gasteiger partial charge in [0.2, 0.25) is 0 Å². The van der Waals surface area contributed by atoms with E-state index in [4.69, 9.17) is 9.84 Å². The summed E-state index contributed by atoms with van der Waals surface area (Å²) < 4.78 is 6.48. The molecule has 1 amide bonds. The van der Waals surface area contributed by atoms with Crippen LogP contribution in [0.3, 0.4) is 0 Å². The van der Waals surface area contributed by atoms with Gasteiger partial charge in [0.1, 0.15) is 0 Å². The highest BCUT2D eigenvalue weighted by Gasteiger charge is 2.41. The Morgan fingerprint density at radius 3 is 2.78 bits per heavy atom. The zero-order chi connectivity index (χ0) is 13.0. The molecule has 0 unspecified atom stereocenters. The Bertz CT molecular complexity index is 398. The van der Waals surface area contributed by atoms with E-state index in [0.29, 0.717) is 25.7 Å². The molecule has 1 aromatic carbocycles. The summed E-state index contributed by atoms with van der Waals surface area (Å²) in [5.41, 5.74) is 1.15. The molecule has 2 rings (SSSR count). The van der Waals surface area contributed by atoms with Crippen molar-refractivity contribution in [3.63, 3.8) is 0 Å². The molecule has 1 aliphatic rings. The third kappa shape index (κ3) is 3.14. The Kier molecular flexibility index (Phi) is 4.82. The van der Waals surface area contributed by atoms with E-state index < -0.39 is 6.09 Å². The molecule has 0 bridgehead atoms. The van der Waals surface area contributed by atoms with Gasteiger partial charge in [0.15, 0.2) is 0 Å². The van der Waals surface area contributed by atoms with Crippen LogP contribution < -0.4 is 0 Å². The summed E-state index contributed by atoms with van der Waals surface area (Å²) in [6.07, 6.45) is -0.823. The van der Waals surface area contributed by atoms with Crippen molar-refractivity contribution in [3.05, 3.63) is 35.9 Å². The fourth-order valence-electron chi connectivity index (χ4n) is 2.12. The van der Waals surface area contributed by atoms with Crippen molar-refractivity contribution in [1.82, 2.24) is 4.90 Å². The highest BCUT2D eigenvalue weighted by atomic mass is 127. The molecule has 1 fully saturated rings. The van der Waals surface area contributed by atoms with Gasteiger partial charge in [-0.25, -0.2) is 4.79 Å². The zero-order valence-corrected chi connectivity index (χ0v) is 12.1. The van der Waals surface area contributed by atoms with E-state index in [9.17, 15) is 4.79 Å². The van der Waals surface area contributed by atoms with Crippen LogP contribution in [0.15, 0.2) is 30.3 Å². The molecular formula is C13H16INO3. The molecule has 0 aromatic heterocycles. The Labute approximate surface area is 120 Å². The molecular weight excluding hydrogens is 345 g/mol. The SMILES string of the molecule is O=C(O)N1C[C@@H](COCc2ccccc2)[C@H]1CI. The second-order valence-electron chi connectivity index (χ2n) is 4.42. The fourth-order valence-corrected chi connectivity index (χ4v) is 3.32. The topological polar surface area (TPSA) is 49.8 Å². The van der Waals surface area contributed by atoms with Gasteiger partial charge in [-0.3, -0.25) is 0 Å². The van der Waals surface area contributed by atoms with Gasteiger partial charge in [-0.2, -0.15) is 0 Å². The largest absolute Gasteiger partial charge is 0.465 e. The summed E-state index contributed by atoms with van der Waals surface area (Å²) in [6, 6.07) is 10.1. The van der Waals surface area contributed by atoms with E-state index in [2.05, 4.69) is 22.6 Å². The van der Waals surface area contributed by atoms with E-state index in [1.165, 1.54) is 4.90 Å². The van der Waals surface area contributed by atoms with Crippen LogP contribution in [0.1, 0.15) is 5.56 Å². The first-order chi connectivity index (χ1) is 8.72. The Morgan fingerprint density at radius 2 is 2.17 bits per heavy atom. The minimum atomic E-state index is -0.823. The fraction of sp³-hybridized carbons (Fsp3) is 0.462. The lowest BCUT2D eigenvalue weighted by Crippen LogP contribution is -2.60. The molecule has 98 valence electrons. The molecule has 0 radical (unpaired) electrons. The van der Waals surface area contributed by atoms with Crippen LogP contribution in [0, 0.1) is 5.92 Å². The Balaban J connectivity index is 1.74. The average molecular weight is 361 g/mol. The second kappa shape index (κ2) is 6.38. The first-order valence-corrected chi connectivity index (χ1v) is 7.42. The lowest BCUT2D eigenvalue weighted by atomic mass is 9.91. The number of hydrogen-bond donors (Lipinski definition) is 1. The predicted molar refractivity (Wildman–Crippen MR) is 77.0 cm³/mol. The van der Waals surface area contributed by atoms with Gasteiger partial charge in [-0.05, 0) is 5.56 Å². The summed E-state index contributed by atoms with van der Waals surface area (Å²) in [4.78, 5) is 12.4. The number of rotatable bonds is 5. The van der Waals surface area contributed by atoms with Crippen LogP contribution in [-0.4, -0.2) is 39.7 Å². The van der Waals surface area contributed by atoms with E-state index in [1.54, 1.807) is 0 Å². The minimum Gasteiger partial charge on any atom is -0.465 e. The highest BCUT2D eigenvalue weighted by molar-refractivity contribution is 14.1. The number of nitrogens with zero attached hydrogens (tertiary/aromatic N) is 1. The molecule has 2 atom stereocenters. The summed E-state index contributed by atoms with van der Waals surface area (Å²) in [6.45, 7) is 1.82. The third-order valence-corrected chi connectivity index (χ3v) is 4.13. The maximum absolute atomic E-state index is 10.9. The molecule has 1 aliphatic heterocycles. The lowest BCUT2D eigenvalue weighted by Gasteiger charge is -2.45. The first kappa shape index (κ1) is 13.6. The maximum Gasteiger partial charge on any atom is 0.407 e. The molecule has 18 heavy (non-hydrogen) atoms. The van der Waals surface area contributed by atoms with Gasteiger partial charge >= 0.3 is 6.09 Å². The zero-order valence-electron chi connectivity index (χ0n) is 9.96. The van der Waals surface area contributed by atoms with E-state index in [-0.39, 0.29) is 6.04 Å². The van der Waals surface area contributed by atoms with Gasteiger partial charge in [0.05, 0.1) is 19.3 Å². The highest BCUT2D eigenvalue weighted by Crippen LogP contribution is 2.27. The monoisotopic (exact) mass is 361 g/mol. The van der Waals surface area contributed by atoms with Crippen molar-refractivity contribution in [2.45, 2.75) is 12.6 Å². The average Bonchev–Trinajstić information content (AvgIpc) is 2.34. The van der Waals surface area contributed by atoms with Gasteiger partial charge in [0, 0.05) is 16.9 Å². The van der Waals surface area contributed by atoms with Crippen molar-refractivity contribution < 1.29 is 14.6 Å². The Morgan fingerprint density at radius 1 is 1.44 bits per heavy atom. The van der Waals surface area contributed by atoms with Crippen molar-refractivity contribution in [3.8, 4) is 0 Å².